The quantitative estimate of drug-likeness (QED) is 0.772. The Morgan fingerprint density at radius 1 is 1.53 bits per heavy atom. The third-order valence-corrected chi connectivity index (χ3v) is 4.17. The lowest BCUT2D eigenvalue weighted by molar-refractivity contribution is -0.137. The SMILES string of the molecule is CCC(C)C(N)C(=O)N1CCC(N)C(C)(C)C1. The second-order valence-electron chi connectivity index (χ2n) is 6.05. The number of amides is 1. The summed E-state index contributed by atoms with van der Waals surface area (Å²) in [6, 6.07) is -0.198. The van der Waals surface area contributed by atoms with Crippen LogP contribution in [0, 0.1) is 11.3 Å². The molecule has 0 aromatic heterocycles. The Morgan fingerprint density at radius 3 is 2.59 bits per heavy atom. The van der Waals surface area contributed by atoms with Crippen molar-refractivity contribution in [3.8, 4) is 0 Å². The molecule has 0 aliphatic carbocycles. The van der Waals surface area contributed by atoms with Crippen LogP contribution in [0.25, 0.3) is 0 Å². The van der Waals surface area contributed by atoms with Gasteiger partial charge in [0.1, 0.15) is 0 Å². The number of nitrogens with zero attached hydrogens (tertiary/aromatic N) is 1. The minimum absolute atomic E-state index is 0.0108. The van der Waals surface area contributed by atoms with Crippen molar-refractivity contribution in [2.75, 3.05) is 13.1 Å². The van der Waals surface area contributed by atoms with Gasteiger partial charge in [-0.3, -0.25) is 4.79 Å². The third kappa shape index (κ3) is 3.19. The van der Waals surface area contributed by atoms with E-state index in [1.54, 1.807) is 0 Å². The lowest BCUT2D eigenvalue weighted by atomic mass is 9.79. The van der Waals surface area contributed by atoms with Gasteiger partial charge in [-0.25, -0.2) is 0 Å². The number of hydrogen-bond donors (Lipinski definition) is 2. The topological polar surface area (TPSA) is 72.4 Å². The van der Waals surface area contributed by atoms with E-state index in [2.05, 4.69) is 20.8 Å². The van der Waals surface area contributed by atoms with Crippen LogP contribution in [-0.2, 0) is 4.79 Å². The van der Waals surface area contributed by atoms with E-state index in [0.29, 0.717) is 0 Å². The van der Waals surface area contributed by atoms with Crippen molar-refractivity contribution >= 4 is 5.91 Å². The van der Waals surface area contributed by atoms with E-state index in [1.165, 1.54) is 0 Å². The predicted octanol–water partition coefficient (Wildman–Crippen LogP) is 0.946. The smallest absolute Gasteiger partial charge is 0.239 e. The number of piperidine rings is 1. The molecule has 1 rings (SSSR count). The van der Waals surface area contributed by atoms with E-state index < -0.39 is 0 Å². The molecule has 0 bridgehead atoms. The molecule has 1 saturated heterocycles. The van der Waals surface area contributed by atoms with Gasteiger partial charge in [0, 0.05) is 19.1 Å². The molecule has 1 aliphatic rings. The largest absolute Gasteiger partial charge is 0.341 e. The summed E-state index contributed by atoms with van der Waals surface area (Å²) in [5, 5.41) is 0. The summed E-state index contributed by atoms with van der Waals surface area (Å²) in [7, 11) is 0. The van der Waals surface area contributed by atoms with Crippen LogP contribution in [0.1, 0.15) is 40.5 Å². The summed E-state index contributed by atoms with van der Waals surface area (Å²) in [4.78, 5) is 14.1. The lowest BCUT2D eigenvalue weighted by Gasteiger charge is -2.43. The van der Waals surface area contributed by atoms with Crippen molar-refractivity contribution in [1.82, 2.24) is 4.90 Å². The summed E-state index contributed by atoms with van der Waals surface area (Å²) >= 11 is 0. The maximum atomic E-state index is 12.3. The van der Waals surface area contributed by atoms with E-state index >= 15 is 0 Å². The van der Waals surface area contributed by atoms with Crippen LogP contribution in [-0.4, -0.2) is 36.0 Å². The first-order valence-electron chi connectivity index (χ1n) is 6.59. The van der Waals surface area contributed by atoms with E-state index in [4.69, 9.17) is 11.5 Å². The summed E-state index contributed by atoms with van der Waals surface area (Å²) < 4.78 is 0. The van der Waals surface area contributed by atoms with E-state index in [9.17, 15) is 4.79 Å². The van der Waals surface area contributed by atoms with Gasteiger partial charge >= 0.3 is 0 Å². The molecule has 1 heterocycles. The van der Waals surface area contributed by atoms with Gasteiger partial charge in [-0.15, -0.1) is 0 Å². The minimum Gasteiger partial charge on any atom is -0.341 e. The molecule has 1 amide bonds. The molecule has 3 unspecified atom stereocenters. The van der Waals surface area contributed by atoms with E-state index in [1.807, 2.05) is 11.8 Å². The fraction of sp³-hybridized carbons (Fsp3) is 0.923. The highest BCUT2D eigenvalue weighted by Crippen LogP contribution is 2.28. The van der Waals surface area contributed by atoms with Gasteiger partial charge in [-0.1, -0.05) is 34.1 Å². The molecule has 3 atom stereocenters. The van der Waals surface area contributed by atoms with Gasteiger partial charge in [-0.05, 0) is 17.8 Å². The van der Waals surface area contributed by atoms with Crippen molar-refractivity contribution in [2.24, 2.45) is 22.8 Å². The summed E-state index contributed by atoms with van der Waals surface area (Å²) in [5.41, 5.74) is 12.1. The number of nitrogens with two attached hydrogens (primary N) is 2. The lowest BCUT2D eigenvalue weighted by Crippen LogP contribution is -2.57. The van der Waals surface area contributed by atoms with Crippen molar-refractivity contribution in [3.05, 3.63) is 0 Å². The third-order valence-electron chi connectivity index (χ3n) is 4.17. The maximum absolute atomic E-state index is 12.3. The molecule has 0 aromatic carbocycles. The Balaban J connectivity index is 2.65. The van der Waals surface area contributed by atoms with E-state index in [-0.39, 0.29) is 29.3 Å². The van der Waals surface area contributed by atoms with Crippen LogP contribution in [0.2, 0.25) is 0 Å². The second kappa shape index (κ2) is 5.36. The van der Waals surface area contributed by atoms with Gasteiger partial charge in [0.25, 0.3) is 0 Å². The Kier molecular flexibility index (Phi) is 4.55. The number of rotatable bonds is 3. The summed E-state index contributed by atoms with van der Waals surface area (Å²) in [6.45, 7) is 9.79. The molecular weight excluding hydrogens is 214 g/mol. The van der Waals surface area contributed by atoms with Crippen LogP contribution in [0.15, 0.2) is 0 Å². The second-order valence-corrected chi connectivity index (χ2v) is 6.05. The van der Waals surface area contributed by atoms with Crippen molar-refractivity contribution in [3.63, 3.8) is 0 Å². The van der Waals surface area contributed by atoms with Crippen molar-refractivity contribution in [1.29, 1.82) is 0 Å². The van der Waals surface area contributed by atoms with Gasteiger partial charge in [0.05, 0.1) is 6.04 Å². The first-order chi connectivity index (χ1) is 7.79. The van der Waals surface area contributed by atoms with Gasteiger partial charge in [0.2, 0.25) is 5.91 Å². The molecule has 4 N–H and O–H groups in total. The predicted molar refractivity (Wildman–Crippen MR) is 70.4 cm³/mol. The molecule has 100 valence electrons. The molecule has 1 aliphatic heterocycles. The fourth-order valence-electron chi connectivity index (χ4n) is 2.27. The maximum Gasteiger partial charge on any atom is 0.239 e. The monoisotopic (exact) mass is 241 g/mol. The van der Waals surface area contributed by atoms with Gasteiger partial charge in [0.15, 0.2) is 0 Å². The molecule has 0 aromatic rings. The summed E-state index contributed by atoms with van der Waals surface area (Å²) in [5.74, 6) is 0.320. The highest BCUT2D eigenvalue weighted by molar-refractivity contribution is 5.82. The number of carbonyl (C=O) groups excluding carboxylic acids is 1. The molecule has 1 fully saturated rings. The van der Waals surface area contributed by atoms with Crippen molar-refractivity contribution in [2.45, 2.75) is 52.6 Å². The van der Waals surface area contributed by atoms with Crippen LogP contribution in [0.5, 0.6) is 0 Å². The van der Waals surface area contributed by atoms with Crippen LogP contribution in [0.3, 0.4) is 0 Å². The molecule has 0 saturated carbocycles. The number of hydrogen-bond acceptors (Lipinski definition) is 3. The minimum atomic E-state index is -0.370. The normalized spacial score (nSPS) is 27.6. The first kappa shape index (κ1) is 14.5. The van der Waals surface area contributed by atoms with Gasteiger partial charge in [-0.2, -0.15) is 0 Å². The molecule has 4 nitrogen and oxygen atoms in total. The zero-order chi connectivity index (χ0) is 13.2. The first-order valence-corrected chi connectivity index (χ1v) is 6.59. The van der Waals surface area contributed by atoms with Crippen molar-refractivity contribution < 1.29 is 4.79 Å². The average Bonchev–Trinajstić information content (AvgIpc) is 2.29. The zero-order valence-corrected chi connectivity index (χ0v) is 11.6. The van der Waals surface area contributed by atoms with Gasteiger partial charge < -0.3 is 16.4 Å². The molecular formula is C13H27N3O. The zero-order valence-electron chi connectivity index (χ0n) is 11.6. The molecule has 17 heavy (non-hydrogen) atoms. The van der Waals surface area contributed by atoms with Crippen LogP contribution >= 0.6 is 0 Å². The fourth-order valence-corrected chi connectivity index (χ4v) is 2.27. The average molecular weight is 241 g/mol. The Bertz CT molecular complexity index is 278. The number of carbonyl (C=O) groups is 1. The van der Waals surface area contributed by atoms with Crippen LogP contribution < -0.4 is 11.5 Å². The Hall–Kier alpha value is -0.610. The standard InChI is InChI=1S/C13H27N3O/c1-5-9(2)11(15)12(17)16-7-6-10(14)13(3,4)8-16/h9-11H,5-8,14-15H2,1-4H3. The Morgan fingerprint density at radius 2 is 2.12 bits per heavy atom. The molecule has 4 heteroatoms. The van der Waals surface area contributed by atoms with E-state index in [0.717, 1.165) is 25.9 Å². The summed E-state index contributed by atoms with van der Waals surface area (Å²) in [6.07, 6.45) is 1.80. The number of likely N-dealkylation sites (tertiary alicyclic amines) is 1. The molecule has 0 spiro atoms. The Labute approximate surface area is 105 Å². The van der Waals surface area contributed by atoms with Crippen LogP contribution in [0.4, 0.5) is 0 Å². The molecule has 0 radical (unpaired) electrons. The highest BCUT2D eigenvalue weighted by atomic mass is 16.2. The highest BCUT2D eigenvalue weighted by Gasteiger charge is 2.37.